The molecule has 1 aliphatic heterocycles. The normalized spacial score (nSPS) is 17.7. The topological polar surface area (TPSA) is 79.5 Å². The standard InChI is InChI=1S/C20H20BNO4/c1-19(2)20(3,4)26-21(25-19)15-9-10-17(23)16(11-15)18(24)14-7-5-13(12-22)6-8-14/h5-11,23H,1-4H3. The second-order valence-electron chi connectivity index (χ2n) is 7.38. The summed E-state index contributed by atoms with van der Waals surface area (Å²) in [7, 11) is -0.617. The molecule has 0 spiro atoms. The van der Waals surface area contributed by atoms with E-state index in [4.69, 9.17) is 14.6 Å². The van der Waals surface area contributed by atoms with Gasteiger partial charge in [0.05, 0.1) is 28.4 Å². The molecule has 0 saturated carbocycles. The second kappa shape index (κ2) is 6.28. The Morgan fingerprint density at radius 1 is 1.04 bits per heavy atom. The zero-order chi connectivity index (χ0) is 19.1. The smallest absolute Gasteiger partial charge is 0.494 e. The van der Waals surface area contributed by atoms with Crippen LogP contribution < -0.4 is 5.46 Å². The van der Waals surface area contributed by atoms with Crippen molar-refractivity contribution in [1.29, 1.82) is 5.26 Å². The van der Waals surface area contributed by atoms with Gasteiger partial charge in [0.2, 0.25) is 0 Å². The van der Waals surface area contributed by atoms with Crippen LogP contribution in [0, 0.1) is 11.3 Å². The third kappa shape index (κ3) is 3.12. The van der Waals surface area contributed by atoms with Crippen LogP contribution in [-0.2, 0) is 9.31 Å². The summed E-state index contributed by atoms with van der Waals surface area (Å²) in [6.07, 6.45) is 0. The zero-order valence-electron chi connectivity index (χ0n) is 15.2. The van der Waals surface area contributed by atoms with Crippen molar-refractivity contribution in [2.24, 2.45) is 0 Å². The predicted molar refractivity (Wildman–Crippen MR) is 98.4 cm³/mol. The van der Waals surface area contributed by atoms with Crippen LogP contribution in [0.3, 0.4) is 0 Å². The molecule has 0 radical (unpaired) electrons. The summed E-state index contributed by atoms with van der Waals surface area (Å²) in [5.41, 5.74) is 0.710. The average Bonchev–Trinajstić information content (AvgIpc) is 2.82. The van der Waals surface area contributed by atoms with E-state index in [2.05, 4.69) is 0 Å². The summed E-state index contributed by atoms with van der Waals surface area (Å²) in [5, 5.41) is 19.0. The Balaban J connectivity index is 1.93. The summed E-state index contributed by atoms with van der Waals surface area (Å²) >= 11 is 0. The Labute approximate surface area is 153 Å². The summed E-state index contributed by atoms with van der Waals surface area (Å²) in [4.78, 5) is 12.8. The summed E-state index contributed by atoms with van der Waals surface area (Å²) in [5.74, 6) is -0.440. The molecule has 132 valence electrons. The van der Waals surface area contributed by atoms with E-state index in [0.29, 0.717) is 16.6 Å². The molecule has 1 fully saturated rings. The first-order valence-electron chi connectivity index (χ1n) is 8.38. The van der Waals surface area contributed by atoms with Gasteiger partial charge in [-0.05, 0) is 69.6 Å². The van der Waals surface area contributed by atoms with Gasteiger partial charge in [-0.2, -0.15) is 5.26 Å². The number of rotatable bonds is 3. The van der Waals surface area contributed by atoms with E-state index in [-0.39, 0.29) is 17.1 Å². The third-order valence-corrected chi connectivity index (χ3v) is 5.07. The Morgan fingerprint density at radius 3 is 2.15 bits per heavy atom. The van der Waals surface area contributed by atoms with Gasteiger partial charge < -0.3 is 14.4 Å². The fourth-order valence-corrected chi connectivity index (χ4v) is 2.71. The number of ketones is 1. The molecule has 26 heavy (non-hydrogen) atoms. The Hall–Kier alpha value is -2.62. The molecule has 5 nitrogen and oxygen atoms in total. The van der Waals surface area contributed by atoms with Crippen LogP contribution in [0.4, 0.5) is 0 Å². The minimum Gasteiger partial charge on any atom is -0.507 e. The van der Waals surface area contributed by atoms with Crippen molar-refractivity contribution in [2.75, 3.05) is 0 Å². The highest BCUT2D eigenvalue weighted by Crippen LogP contribution is 2.36. The molecule has 1 N–H and O–H groups in total. The quantitative estimate of drug-likeness (QED) is 0.681. The second-order valence-corrected chi connectivity index (χ2v) is 7.38. The lowest BCUT2D eigenvalue weighted by atomic mass is 9.77. The molecule has 0 unspecified atom stereocenters. The highest BCUT2D eigenvalue weighted by molar-refractivity contribution is 6.62. The monoisotopic (exact) mass is 349 g/mol. The van der Waals surface area contributed by atoms with E-state index < -0.39 is 18.3 Å². The lowest BCUT2D eigenvalue weighted by Gasteiger charge is -2.32. The fourth-order valence-electron chi connectivity index (χ4n) is 2.71. The minimum atomic E-state index is -0.617. The first-order valence-corrected chi connectivity index (χ1v) is 8.38. The first kappa shape index (κ1) is 18.2. The number of nitrogens with zero attached hydrogens (tertiary/aromatic N) is 1. The van der Waals surface area contributed by atoms with Gasteiger partial charge in [0.25, 0.3) is 0 Å². The molecule has 1 saturated heterocycles. The third-order valence-electron chi connectivity index (χ3n) is 5.07. The lowest BCUT2D eigenvalue weighted by Crippen LogP contribution is -2.41. The zero-order valence-corrected chi connectivity index (χ0v) is 15.2. The van der Waals surface area contributed by atoms with Crippen LogP contribution in [0.2, 0.25) is 0 Å². The molecule has 2 aromatic rings. The number of carbonyl (C=O) groups excluding carboxylic acids is 1. The highest BCUT2D eigenvalue weighted by atomic mass is 16.7. The molecule has 0 atom stereocenters. The predicted octanol–water partition coefficient (Wildman–Crippen LogP) is 2.79. The van der Waals surface area contributed by atoms with Crippen molar-refractivity contribution in [3.8, 4) is 11.8 Å². The number of benzene rings is 2. The molecule has 0 aliphatic carbocycles. The van der Waals surface area contributed by atoms with E-state index in [1.165, 1.54) is 6.07 Å². The molecular weight excluding hydrogens is 329 g/mol. The maximum absolute atomic E-state index is 12.8. The van der Waals surface area contributed by atoms with Crippen molar-refractivity contribution >= 4 is 18.4 Å². The highest BCUT2D eigenvalue weighted by Gasteiger charge is 2.51. The van der Waals surface area contributed by atoms with Crippen molar-refractivity contribution in [1.82, 2.24) is 0 Å². The summed E-state index contributed by atoms with van der Waals surface area (Å²) in [6.45, 7) is 7.82. The Bertz CT molecular complexity index is 881. The van der Waals surface area contributed by atoms with Crippen molar-refractivity contribution < 1.29 is 19.2 Å². The minimum absolute atomic E-state index is 0.111. The molecule has 0 bridgehead atoms. The molecule has 0 amide bonds. The Kier molecular flexibility index (Phi) is 4.39. The van der Waals surface area contributed by atoms with Gasteiger partial charge in [0.15, 0.2) is 5.78 Å². The molecule has 1 heterocycles. The van der Waals surface area contributed by atoms with Crippen LogP contribution in [0.1, 0.15) is 49.2 Å². The van der Waals surface area contributed by atoms with E-state index in [9.17, 15) is 9.90 Å². The van der Waals surface area contributed by atoms with Crippen LogP contribution in [0.5, 0.6) is 5.75 Å². The number of hydrogen-bond donors (Lipinski definition) is 1. The number of nitriles is 1. The summed E-state index contributed by atoms with van der Waals surface area (Å²) in [6, 6.07) is 13.1. The number of aromatic hydroxyl groups is 1. The Morgan fingerprint density at radius 2 is 1.62 bits per heavy atom. The van der Waals surface area contributed by atoms with Gasteiger partial charge in [-0.1, -0.05) is 6.07 Å². The molecule has 2 aromatic carbocycles. The van der Waals surface area contributed by atoms with Crippen molar-refractivity contribution in [3.05, 3.63) is 59.2 Å². The average molecular weight is 349 g/mol. The maximum Gasteiger partial charge on any atom is 0.494 e. The van der Waals surface area contributed by atoms with Crippen molar-refractivity contribution in [3.63, 3.8) is 0 Å². The number of hydrogen-bond acceptors (Lipinski definition) is 5. The van der Waals surface area contributed by atoms with Gasteiger partial charge in [-0.3, -0.25) is 4.79 Å². The summed E-state index contributed by atoms with van der Waals surface area (Å²) < 4.78 is 12.0. The van der Waals surface area contributed by atoms with E-state index in [0.717, 1.165) is 0 Å². The van der Waals surface area contributed by atoms with Crippen LogP contribution in [-0.4, -0.2) is 29.2 Å². The van der Waals surface area contributed by atoms with Gasteiger partial charge in [0, 0.05) is 5.56 Å². The van der Waals surface area contributed by atoms with Gasteiger partial charge in [0.1, 0.15) is 5.75 Å². The van der Waals surface area contributed by atoms with Crippen LogP contribution >= 0.6 is 0 Å². The van der Waals surface area contributed by atoms with Gasteiger partial charge >= 0.3 is 7.12 Å². The first-order chi connectivity index (χ1) is 12.1. The van der Waals surface area contributed by atoms with E-state index in [1.54, 1.807) is 36.4 Å². The lowest BCUT2D eigenvalue weighted by molar-refractivity contribution is 0.00578. The number of carbonyl (C=O) groups is 1. The SMILES string of the molecule is CC1(C)OB(c2ccc(O)c(C(=O)c3ccc(C#N)cc3)c2)OC1(C)C. The van der Waals surface area contributed by atoms with Crippen LogP contribution in [0.15, 0.2) is 42.5 Å². The van der Waals surface area contributed by atoms with E-state index >= 15 is 0 Å². The number of phenolic OH excluding ortho intramolecular Hbond substituents is 1. The fraction of sp³-hybridized carbons (Fsp3) is 0.300. The molecule has 3 rings (SSSR count). The molecule has 0 aromatic heterocycles. The maximum atomic E-state index is 12.8. The van der Waals surface area contributed by atoms with E-state index in [1.807, 2.05) is 33.8 Å². The van der Waals surface area contributed by atoms with Gasteiger partial charge in [-0.15, -0.1) is 0 Å². The molecule has 6 heteroatoms. The van der Waals surface area contributed by atoms with Crippen molar-refractivity contribution in [2.45, 2.75) is 38.9 Å². The molecular formula is C20H20BNO4. The van der Waals surface area contributed by atoms with Crippen LogP contribution in [0.25, 0.3) is 0 Å². The number of phenols is 1. The van der Waals surface area contributed by atoms with Gasteiger partial charge in [-0.25, -0.2) is 0 Å². The molecule has 1 aliphatic rings. The largest absolute Gasteiger partial charge is 0.507 e.